The third-order valence-electron chi connectivity index (χ3n) is 7.82. The van der Waals surface area contributed by atoms with E-state index in [1.54, 1.807) is 13.0 Å². The fourth-order valence-electron chi connectivity index (χ4n) is 5.70. The summed E-state index contributed by atoms with van der Waals surface area (Å²) in [6, 6.07) is 7.97. The van der Waals surface area contributed by atoms with Gasteiger partial charge in [-0.25, -0.2) is 8.42 Å². The summed E-state index contributed by atoms with van der Waals surface area (Å²) in [6.07, 6.45) is 5.50. The molecule has 0 bridgehead atoms. The number of fused-ring (bicyclic) bond motifs is 2. The highest BCUT2D eigenvalue weighted by Gasteiger charge is 2.54. The van der Waals surface area contributed by atoms with E-state index in [0.29, 0.717) is 29.9 Å². The van der Waals surface area contributed by atoms with Gasteiger partial charge in [-0.15, -0.1) is 0 Å². The highest BCUT2D eigenvalue weighted by molar-refractivity contribution is 7.89. The zero-order valence-electron chi connectivity index (χ0n) is 20.9. The molecule has 6 rings (SSSR count). The molecule has 2 saturated heterocycles. The molecular weight excluding hydrogens is 508 g/mol. The first-order valence-corrected chi connectivity index (χ1v) is 14.2. The van der Waals surface area contributed by atoms with Gasteiger partial charge in [0.2, 0.25) is 15.9 Å². The number of nitrogens with zero attached hydrogens (tertiary/aromatic N) is 3. The molecule has 1 N–H and O–H groups in total. The monoisotopic (exact) mass is 536 g/mol. The first kappa shape index (κ1) is 24.7. The van der Waals surface area contributed by atoms with E-state index >= 15 is 0 Å². The molecule has 2 aromatic heterocycles. The number of aromatic nitrogens is 1. The van der Waals surface area contributed by atoms with E-state index < -0.39 is 34.1 Å². The molecule has 2 aliphatic heterocycles. The third-order valence-corrected chi connectivity index (χ3v) is 9.68. The topological polar surface area (TPSA) is 130 Å². The molecule has 3 aromatic rings. The van der Waals surface area contributed by atoms with Gasteiger partial charge in [0.15, 0.2) is 11.5 Å². The number of rotatable bonds is 7. The molecule has 4 heterocycles. The minimum atomic E-state index is -3.95. The van der Waals surface area contributed by atoms with Crippen LogP contribution >= 0.6 is 0 Å². The fraction of sp³-hybridized carbons (Fsp3) is 0.407. The van der Waals surface area contributed by atoms with Crippen molar-refractivity contribution < 1.29 is 27.2 Å². The van der Waals surface area contributed by atoms with Crippen LogP contribution in [0.15, 0.2) is 58.1 Å². The number of carbonyl (C=O) groups is 3. The number of hydrogen-bond acceptors (Lipinski definition) is 7. The molecule has 38 heavy (non-hydrogen) atoms. The highest BCUT2D eigenvalue weighted by atomic mass is 32.2. The average molecular weight is 537 g/mol. The van der Waals surface area contributed by atoms with Crippen LogP contribution in [-0.4, -0.2) is 71.4 Å². The Morgan fingerprint density at radius 3 is 2.66 bits per heavy atom. The first-order valence-electron chi connectivity index (χ1n) is 12.8. The summed E-state index contributed by atoms with van der Waals surface area (Å²) in [5.41, 5.74) is 1.29. The number of hydrogen-bond donors (Lipinski definition) is 1. The molecule has 3 aliphatic rings. The minimum Gasteiger partial charge on any atom is -0.451 e. The molecule has 198 valence electrons. The third kappa shape index (κ3) is 4.19. The van der Waals surface area contributed by atoms with E-state index in [9.17, 15) is 22.8 Å². The van der Waals surface area contributed by atoms with E-state index in [2.05, 4.69) is 10.3 Å². The van der Waals surface area contributed by atoms with E-state index in [4.69, 9.17) is 4.42 Å². The molecule has 3 atom stereocenters. The van der Waals surface area contributed by atoms with Crippen molar-refractivity contribution in [3.8, 4) is 0 Å². The summed E-state index contributed by atoms with van der Waals surface area (Å²) in [5.74, 6) is -0.684. The number of aryl methyl sites for hydroxylation is 1. The smallest absolute Gasteiger partial charge is 0.287 e. The van der Waals surface area contributed by atoms with Crippen molar-refractivity contribution in [1.29, 1.82) is 0 Å². The van der Waals surface area contributed by atoms with Crippen LogP contribution < -0.4 is 5.32 Å². The van der Waals surface area contributed by atoms with Crippen LogP contribution in [0, 0.1) is 12.8 Å². The summed E-state index contributed by atoms with van der Waals surface area (Å²) in [7, 11) is -3.95. The Morgan fingerprint density at radius 2 is 1.95 bits per heavy atom. The quantitative estimate of drug-likeness (QED) is 0.490. The molecule has 3 unspecified atom stereocenters. The molecule has 0 radical (unpaired) electrons. The number of carbonyl (C=O) groups excluding carboxylic acids is 3. The van der Waals surface area contributed by atoms with Crippen molar-refractivity contribution in [3.05, 3.63) is 60.1 Å². The lowest BCUT2D eigenvalue weighted by atomic mass is 10.1. The Kier molecular flexibility index (Phi) is 6.07. The average Bonchev–Trinajstić information content (AvgIpc) is 3.37. The van der Waals surface area contributed by atoms with Gasteiger partial charge in [-0.3, -0.25) is 19.4 Å². The van der Waals surface area contributed by atoms with Gasteiger partial charge in [0.1, 0.15) is 22.6 Å². The zero-order chi connectivity index (χ0) is 26.6. The summed E-state index contributed by atoms with van der Waals surface area (Å²) in [6.45, 7) is 1.74. The molecule has 11 heteroatoms. The Bertz CT molecular complexity index is 1530. The summed E-state index contributed by atoms with van der Waals surface area (Å²) < 4.78 is 33.5. The van der Waals surface area contributed by atoms with Crippen LogP contribution in [0.5, 0.6) is 0 Å². The number of likely N-dealkylation sites (tertiary alicyclic amines) is 1. The van der Waals surface area contributed by atoms with E-state index in [1.807, 2.05) is 18.2 Å². The van der Waals surface area contributed by atoms with Crippen LogP contribution in [0.1, 0.15) is 41.8 Å². The van der Waals surface area contributed by atoms with Crippen molar-refractivity contribution in [3.63, 3.8) is 0 Å². The van der Waals surface area contributed by atoms with Crippen molar-refractivity contribution in [2.45, 2.75) is 55.6 Å². The first-order chi connectivity index (χ1) is 18.3. The van der Waals surface area contributed by atoms with E-state index in [-0.39, 0.29) is 35.4 Å². The Morgan fingerprint density at radius 1 is 1.16 bits per heavy atom. The molecule has 1 aromatic carbocycles. The maximum atomic E-state index is 13.8. The predicted molar refractivity (Wildman–Crippen MR) is 137 cm³/mol. The van der Waals surface area contributed by atoms with Crippen LogP contribution in [0.25, 0.3) is 11.0 Å². The second-order valence-corrected chi connectivity index (χ2v) is 12.2. The Labute approximate surface area is 220 Å². The number of para-hydroxylation sites is 1. The molecule has 2 amide bonds. The standard InChI is InChI=1S/C27H28N4O6S/c1-16-19-6-2-3-7-23(19)37-25(16)26(33)29-20(13-17-8-9-17)27(34)30-12-10-21-24(30)22(32)15-31(21)38(35,36)18-5-4-11-28-14-18/h2-7,11,14,17,20-21,24H,8-10,12-13,15H2,1H3,(H,29,33). The summed E-state index contributed by atoms with van der Waals surface area (Å²) >= 11 is 0. The van der Waals surface area contributed by atoms with Gasteiger partial charge in [-0.2, -0.15) is 4.31 Å². The van der Waals surface area contributed by atoms with Crippen LogP contribution in [0.2, 0.25) is 0 Å². The van der Waals surface area contributed by atoms with Crippen molar-refractivity contribution in [2.24, 2.45) is 5.92 Å². The van der Waals surface area contributed by atoms with Gasteiger partial charge in [0, 0.05) is 29.9 Å². The summed E-state index contributed by atoms with van der Waals surface area (Å²) in [5, 5.41) is 3.70. The number of amides is 2. The maximum absolute atomic E-state index is 13.8. The van der Waals surface area contributed by atoms with Crippen LogP contribution in [0.4, 0.5) is 0 Å². The van der Waals surface area contributed by atoms with E-state index in [1.165, 1.54) is 33.7 Å². The Balaban J connectivity index is 1.23. The SMILES string of the molecule is Cc1c(C(=O)NC(CC2CC2)C(=O)N2CCC3C2C(=O)CN3S(=O)(=O)c2cccnc2)oc2ccccc12. The molecule has 10 nitrogen and oxygen atoms in total. The second kappa shape index (κ2) is 9.32. The van der Waals surface area contributed by atoms with E-state index in [0.717, 1.165) is 18.2 Å². The largest absolute Gasteiger partial charge is 0.451 e. The number of Topliss-reactive ketones (excluding diaryl/α,β-unsaturated/α-hetero) is 1. The normalized spacial score (nSPS) is 22.6. The highest BCUT2D eigenvalue weighted by Crippen LogP contribution is 2.37. The van der Waals surface area contributed by atoms with Gasteiger partial charge >= 0.3 is 0 Å². The number of nitrogens with one attached hydrogen (secondary N) is 1. The van der Waals surface area contributed by atoms with Gasteiger partial charge in [0.05, 0.1) is 12.6 Å². The molecular formula is C27H28N4O6S. The lowest BCUT2D eigenvalue weighted by Crippen LogP contribution is -2.52. The second-order valence-electron chi connectivity index (χ2n) is 10.3. The zero-order valence-corrected chi connectivity index (χ0v) is 21.7. The van der Waals surface area contributed by atoms with Gasteiger partial charge in [-0.1, -0.05) is 31.0 Å². The molecule has 3 fully saturated rings. The van der Waals surface area contributed by atoms with Crippen molar-refractivity contribution >= 4 is 38.6 Å². The van der Waals surface area contributed by atoms with Gasteiger partial charge < -0.3 is 14.6 Å². The van der Waals surface area contributed by atoms with Crippen molar-refractivity contribution in [2.75, 3.05) is 13.1 Å². The number of pyridine rings is 1. The molecule has 0 spiro atoms. The van der Waals surface area contributed by atoms with Crippen LogP contribution in [-0.2, 0) is 19.6 Å². The number of ketones is 1. The Hall–Kier alpha value is -3.57. The van der Waals surface area contributed by atoms with Crippen LogP contribution in [0.3, 0.4) is 0 Å². The maximum Gasteiger partial charge on any atom is 0.287 e. The predicted octanol–water partition coefficient (Wildman–Crippen LogP) is 2.28. The van der Waals surface area contributed by atoms with Crippen molar-refractivity contribution in [1.82, 2.24) is 19.5 Å². The number of benzene rings is 1. The fourth-order valence-corrected chi connectivity index (χ4v) is 7.29. The molecule has 1 aliphatic carbocycles. The summed E-state index contributed by atoms with van der Waals surface area (Å²) in [4.78, 5) is 45.5. The molecule has 1 saturated carbocycles. The van der Waals surface area contributed by atoms with Gasteiger partial charge in [0.25, 0.3) is 5.91 Å². The van der Waals surface area contributed by atoms with Gasteiger partial charge in [-0.05, 0) is 43.9 Å². The lowest BCUT2D eigenvalue weighted by Gasteiger charge is -2.28. The number of furan rings is 1. The number of sulfonamides is 1. The lowest BCUT2D eigenvalue weighted by molar-refractivity contribution is -0.138. The minimum absolute atomic E-state index is 0.0123.